The minimum absolute atomic E-state index is 0.666. The second kappa shape index (κ2) is 5.70. The Bertz CT molecular complexity index is 332. The fourth-order valence-corrected chi connectivity index (χ4v) is 1.48. The van der Waals surface area contributed by atoms with Gasteiger partial charge in [0.05, 0.1) is 11.4 Å². The maximum atomic E-state index is 5.16. The van der Waals surface area contributed by atoms with Crippen LogP contribution < -0.4 is 10.6 Å². The minimum Gasteiger partial charge on any atom is -0.362 e. The Hall–Kier alpha value is -1.10. The number of nitrogens with one attached hydrogen (secondary N) is 2. The van der Waals surface area contributed by atoms with Gasteiger partial charge in [0, 0.05) is 19.8 Å². The van der Waals surface area contributed by atoms with Crippen molar-refractivity contribution >= 4 is 23.0 Å². The van der Waals surface area contributed by atoms with Gasteiger partial charge in [0.15, 0.2) is 5.11 Å². The van der Waals surface area contributed by atoms with Gasteiger partial charge < -0.3 is 10.6 Å². The molecule has 0 aliphatic rings. The van der Waals surface area contributed by atoms with E-state index in [9.17, 15) is 0 Å². The van der Waals surface area contributed by atoms with E-state index in [1.165, 1.54) is 6.42 Å². The Morgan fingerprint density at radius 1 is 1.60 bits per heavy atom. The molecule has 2 N–H and O–H groups in total. The largest absolute Gasteiger partial charge is 0.362 e. The molecular weight excluding hydrogens is 208 g/mol. The van der Waals surface area contributed by atoms with Gasteiger partial charge in [-0.3, -0.25) is 4.68 Å². The number of nitrogens with zero attached hydrogens (tertiary/aromatic N) is 2. The Morgan fingerprint density at radius 3 is 2.87 bits per heavy atom. The molecule has 1 rings (SSSR count). The topological polar surface area (TPSA) is 41.9 Å². The molecule has 1 heterocycles. The smallest absolute Gasteiger partial charge is 0.170 e. The van der Waals surface area contributed by atoms with E-state index in [0.29, 0.717) is 5.11 Å². The molecule has 4 nitrogen and oxygen atoms in total. The van der Waals surface area contributed by atoms with E-state index < -0.39 is 0 Å². The van der Waals surface area contributed by atoms with Crippen molar-refractivity contribution in [3.63, 3.8) is 0 Å². The number of hydrogen-bond acceptors (Lipinski definition) is 2. The van der Waals surface area contributed by atoms with Crippen LogP contribution in [0, 0.1) is 6.92 Å². The number of hydrogen-bond donors (Lipinski definition) is 2. The van der Waals surface area contributed by atoms with Gasteiger partial charge >= 0.3 is 0 Å². The average molecular weight is 226 g/mol. The van der Waals surface area contributed by atoms with Crippen LogP contribution in [0.25, 0.3) is 0 Å². The zero-order valence-corrected chi connectivity index (χ0v) is 10.3. The highest BCUT2D eigenvalue weighted by Crippen LogP contribution is 2.10. The Labute approximate surface area is 96.1 Å². The fourth-order valence-electron chi connectivity index (χ4n) is 1.27. The molecule has 0 saturated heterocycles. The Morgan fingerprint density at radius 2 is 2.33 bits per heavy atom. The molecule has 84 valence electrons. The molecular formula is C10H18N4S. The first-order valence-electron chi connectivity index (χ1n) is 5.18. The highest BCUT2D eigenvalue weighted by Gasteiger charge is 2.03. The van der Waals surface area contributed by atoms with E-state index in [-0.39, 0.29) is 0 Å². The molecule has 0 bridgehead atoms. The first kappa shape index (κ1) is 12.0. The van der Waals surface area contributed by atoms with Gasteiger partial charge in [0.1, 0.15) is 0 Å². The van der Waals surface area contributed by atoms with E-state index in [2.05, 4.69) is 22.7 Å². The molecule has 1 aromatic heterocycles. The van der Waals surface area contributed by atoms with Crippen LogP contribution in [-0.4, -0.2) is 21.4 Å². The van der Waals surface area contributed by atoms with E-state index in [0.717, 1.165) is 24.3 Å². The summed E-state index contributed by atoms with van der Waals surface area (Å²) < 4.78 is 1.77. The van der Waals surface area contributed by atoms with Crippen LogP contribution in [0.5, 0.6) is 0 Å². The van der Waals surface area contributed by atoms with Crippen molar-refractivity contribution in [1.82, 2.24) is 15.1 Å². The third-order valence-corrected chi connectivity index (χ3v) is 2.32. The number of anilines is 1. The third-order valence-electron chi connectivity index (χ3n) is 2.08. The number of rotatable bonds is 4. The van der Waals surface area contributed by atoms with Gasteiger partial charge in [-0.2, -0.15) is 5.10 Å². The van der Waals surface area contributed by atoms with Crippen LogP contribution in [0.1, 0.15) is 25.5 Å². The zero-order chi connectivity index (χ0) is 11.3. The molecule has 0 aliphatic heterocycles. The summed E-state index contributed by atoms with van der Waals surface area (Å²) in [6.45, 7) is 5.03. The number of aryl methyl sites for hydroxylation is 2. The number of unbranched alkanes of at least 4 members (excludes halogenated alkanes) is 1. The van der Waals surface area contributed by atoms with Crippen LogP contribution in [0.4, 0.5) is 5.69 Å². The monoisotopic (exact) mass is 226 g/mol. The summed E-state index contributed by atoms with van der Waals surface area (Å²) in [4.78, 5) is 0. The molecule has 0 amide bonds. The van der Waals surface area contributed by atoms with E-state index >= 15 is 0 Å². The number of thiocarbonyl (C=S) groups is 1. The van der Waals surface area contributed by atoms with Crippen LogP contribution in [-0.2, 0) is 7.05 Å². The summed E-state index contributed by atoms with van der Waals surface area (Å²) in [7, 11) is 1.89. The van der Waals surface area contributed by atoms with Gasteiger partial charge in [0.25, 0.3) is 0 Å². The Kier molecular flexibility index (Phi) is 4.55. The highest BCUT2D eigenvalue weighted by molar-refractivity contribution is 7.80. The van der Waals surface area contributed by atoms with Crippen molar-refractivity contribution in [3.05, 3.63) is 11.9 Å². The summed E-state index contributed by atoms with van der Waals surface area (Å²) in [6.07, 6.45) is 4.22. The summed E-state index contributed by atoms with van der Waals surface area (Å²) in [5.41, 5.74) is 1.92. The first-order chi connectivity index (χ1) is 7.13. The Balaban J connectivity index is 2.41. The van der Waals surface area contributed by atoms with Crippen molar-refractivity contribution in [1.29, 1.82) is 0 Å². The first-order valence-corrected chi connectivity index (χ1v) is 5.59. The average Bonchev–Trinajstić information content (AvgIpc) is 2.45. The van der Waals surface area contributed by atoms with Crippen molar-refractivity contribution < 1.29 is 0 Å². The lowest BCUT2D eigenvalue weighted by Gasteiger charge is -2.08. The minimum atomic E-state index is 0.666. The van der Waals surface area contributed by atoms with Gasteiger partial charge in [-0.05, 0) is 25.6 Å². The number of aromatic nitrogens is 2. The molecule has 1 aromatic rings. The third kappa shape index (κ3) is 3.87. The van der Waals surface area contributed by atoms with E-state index in [1.54, 1.807) is 4.68 Å². The summed E-state index contributed by atoms with van der Waals surface area (Å²) in [5, 5.41) is 11.2. The molecule has 15 heavy (non-hydrogen) atoms. The van der Waals surface area contributed by atoms with Crippen molar-refractivity contribution in [3.8, 4) is 0 Å². The van der Waals surface area contributed by atoms with E-state index in [1.807, 2.05) is 20.2 Å². The predicted molar refractivity (Wildman–Crippen MR) is 67.1 cm³/mol. The maximum absolute atomic E-state index is 5.16. The summed E-state index contributed by atoms with van der Waals surface area (Å²) in [5.74, 6) is 0. The SMILES string of the molecule is CCCCNC(=S)Nc1cn(C)nc1C. The highest BCUT2D eigenvalue weighted by atomic mass is 32.1. The summed E-state index contributed by atoms with van der Waals surface area (Å²) in [6, 6.07) is 0. The lowest BCUT2D eigenvalue weighted by molar-refractivity contribution is 0.756. The lowest BCUT2D eigenvalue weighted by Crippen LogP contribution is -2.29. The van der Waals surface area contributed by atoms with Gasteiger partial charge in [0.2, 0.25) is 0 Å². The maximum Gasteiger partial charge on any atom is 0.170 e. The van der Waals surface area contributed by atoms with Gasteiger partial charge in [-0.25, -0.2) is 0 Å². The van der Waals surface area contributed by atoms with Gasteiger partial charge in [-0.15, -0.1) is 0 Å². The molecule has 0 saturated carbocycles. The van der Waals surface area contributed by atoms with Crippen molar-refractivity contribution in [2.45, 2.75) is 26.7 Å². The second-order valence-electron chi connectivity index (χ2n) is 3.54. The van der Waals surface area contributed by atoms with E-state index in [4.69, 9.17) is 12.2 Å². The van der Waals surface area contributed by atoms with Crippen LogP contribution in [0.2, 0.25) is 0 Å². The van der Waals surface area contributed by atoms with Crippen LogP contribution in [0.15, 0.2) is 6.20 Å². The molecule has 0 radical (unpaired) electrons. The second-order valence-corrected chi connectivity index (χ2v) is 3.94. The van der Waals surface area contributed by atoms with Crippen molar-refractivity contribution in [2.75, 3.05) is 11.9 Å². The molecule has 5 heteroatoms. The standard InChI is InChI=1S/C10H18N4S/c1-4-5-6-11-10(15)12-9-7-14(3)13-8(9)2/h7H,4-6H2,1-3H3,(H2,11,12,15). The normalized spacial score (nSPS) is 10.1. The lowest BCUT2D eigenvalue weighted by atomic mass is 10.3. The molecule has 0 unspecified atom stereocenters. The fraction of sp³-hybridized carbons (Fsp3) is 0.600. The quantitative estimate of drug-likeness (QED) is 0.607. The van der Waals surface area contributed by atoms with Crippen LogP contribution >= 0.6 is 12.2 Å². The molecule has 0 spiro atoms. The molecule has 0 fully saturated rings. The van der Waals surface area contributed by atoms with Crippen molar-refractivity contribution in [2.24, 2.45) is 7.05 Å². The van der Waals surface area contributed by atoms with Gasteiger partial charge in [-0.1, -0.05) is 13.3 Å². The zero-order valence-electron chi connectivity index (χ0n) is 9.50. The summed E-state index contributed by atoms with van der Waals surface area (Å²) >= 11 is 5.16. The molecule has 0 aromatic carbocycles. The predicted octanol–water partition coefficient (Wildman–Crippen LogP) is 1.82. The van der Waals surface area contributed by atoms with Crippen LogP contribution in [0.3, 0.4) is 0 Å². The molecule has 0 atom stereocenters. The molecule has 0 aliphatic carbocycles.